The Hall–Kier alpha value is -1.32. The largest absolute Gasteiger partial charge is 0.481 e. The maximum atomic E-state index is 11.4. The van der Waals surface area contributed by atoms with E-state index in [4.69, 9.17) is 5.11 Å². The number of hydrogen-bond acceptors (Lipinski definition) is 2. The van der Waals surface area contributed by atoms with Crippen molar-refractivity contribution < 1.29 is 14.7 Å². The molecule has 1 fully saturated rings. The molecule has 0 bridgehead atoms. The van der Waals surface area contributed by atoms with Gasteiger partial charge in [0, 0.05) is 12.1 Å². The molecular weight excluding hydrogens is 194 g/mol. The second kappa shape index (κ2) is 4.96. The monoisotopic (exact) mass is 211 g/mol. The van der Waals surface area contributed by atoms with E-state index in [1.807, 2.05) is 13.8 Å². The van der Waals surface area contributed by atoms with Gasteiger partial charge in [0.1, 0.15) is 0 Å². The highest BCUT2D eigenvalue weighted by atomic mass is 16.4. The standard InChI is InChI=1S/C11H17NO3/c1-7(2)5-10(13)12-9-4-3-8(6-9)11(14)15/h5,8-9H,3-4,6H2,1-2H3,(H,12,13)(H,14,15). The molecule has 0 aromatic heterocycles. The minimum Gasteiger partial charge on any atom is -0.481 e. The number of carbonyl (C=O) groups excluding carboxylic acids is 1. The second-order valence-electron chi connectivity index (χ2n) is 4.28. The molecule has 4 heteroatoms. The van der Waals surface area contributed by atoms with Gasteiger partial charge in [0.25, 0.3) is 0 Å². The number of hydrogen-bond donors (Lipinski definition) is 2. The normalized spacial score (nSPS) is 24.7. The van der Waals surface area contributed by atoms with Crippen LogP contribution in [0.1, 0.15) is 33.1 Å². The summed E-state index contributed by atoms with van der Waals surface area (Å²) in [4.78, 5) is 22.0. The van der Waals surface area contributed by atoms with Crippen LogP contribution in [0.4, 0.5) is 0 Å². The second-order valence-corrected chi connectivity index (χ2v) is 4.28. The third-order valence-electron chi connectivity index (χ3n) is 2.55. The van der Waals surface area contributed by atoms with Crippen molar-refractivity contribution in [3.8, 4) is 0 Å². The lowest BCUT2D eigenvalue weighted by Crippen LogP contribution is -2.32. The third-order valence-corrected chi connectivity index (χ3v) is 2.55. The van der Waals surface area contributed by atoms with E-state index in [9.17, 15) is 9.59 Å². The highest BCUT2D eigenvalue weighted by molar-refractivity contribution is 5.88. The summed E-state index contributed by atoms with van der Waals surface area (Å²) >= 11 is 0. The summed E-state index contributed by atoms with van der Waals surface area (Å²) in [6.45, 7) is 3.71. The fraction of sp³-hybridized carbons (Fsp3) is 0.636. The van der Waals surface area contributed by atoms with Crippen molar-refractivity contribution >= 4 is 11.9 Å². The van der Waals surface area contributed by atoms with Crippen molar-refractivity contribution in [1.29, 1.82) is 0 Å². The Balaban J connectivity index is 2.39. The zero-order valence-electron chi connectivity index (χ0n) is 9.12. The lowest BCUT2D eigenvalue weighted by molar-refractivity contribution is -0.141. The first-order valence-electron chi connectivity index (χ1n) is 5.17. The van der Waals surface area contributed by atoms with Crippen LogP contribution in [0.3, 0.4) is 0 Å². The SMILES string of the molecule is CC(C)=CC(=O)NC1CCC(C(=O)O)C1. The molecule has 2 atom stereocenters. The van der Waals surface area contributed by atoms with Gasteiger partial charge >= 0.3 is 5.97 Å². The van der Waals surface area contributed by atoms with Gasteiger partial charge in [-0.2, -0.15) is 0 Å². The van der Waals surface area contributed by atoms with Gasteiger partial charge in [-0.05, 0) is 33.1 Å². The van der Waals surface area contributed by atoms with E-state index in [1.54, 1.807) is 0 Å². The summed E-state index contributed by atoms with van der Waals surface area (Å²) in [5.41, 5.74) is 0.945. The lowest BCUT2D eigenvalue weighted by atomic mass is 10.1. The molecule has 1 saturated carbocycles. The van der Waals surface area contributed by atoms with E-state index in [1.165, 1.54) is 6.08 Å². The van der Waals surface area contributed by atoms with Gasteiger partial charge in [-0.25, -0.2) is 0 Å². The average molecular weight is 211 g/mol. The van der Waals surface area contributed by atoms with Crippen LogP contribution in [-0.4, -0.2) is 23.0 Å². The molecule has 2 N–H and O–H groups in total. The van der Waals surface area contributed by atoms with Crippen molar-refractivity contribution in [2.45, 2.75) is 39.2 Å². The van der Waals surface area contributed by atoms with Gasteiger partial charge in [-0.1, -0.05) is 5.57 Å². The summed E-state index contributed by atoms with van der Waals surface area (Å²) in [6, 6.07) is 0.0224. The van der Waals surface area contributed by atoms with E-state index in [0.29, 0.717) is 12.8 Å². The van der Waals surface area contributed by atoms with Crippen LogP contribution < -0.4 is 5.32 Å². The van der Waals surface area contributed by atoms with Gasteiger partial charge in [-0.15, -0.1) is 0 Å². The molecule has 1 aliphatic rings. The molecule has 1 rings (SSSR count). The summed E-state index contributed by atoms with van der Waals surface area (Å²) < 4.78 is 0. The van der Waals surface area contributed by atoms with Crippen molar-refractivity contribution in [2.24, 2.45) is 5.92 Å². The maximum absolute atomic E-state index is 11.4. The van der Waals surface area contributed by atoms with Gasteiger partial charge in [0.2, 0.25) is 5.91 Å². The first-order chi connectivity index (χ1) is 6.99. The van der Waals surface area contributed by atoms with E-state index >= 15 is 0 Å². The highest BCUT2D eigenvalue weighted by Gasteiger charge is 2.30. The molecule has 0 heterocycles. The summed E-state index contributed by atoms with van der Waals surface area (Å²) in [5.74, 6) is -1.16. The molecule has 2 unspecified atom stereocenters. The maximum Gasteiger partial charge on any atom is 0.306 e. The van der Waals surface area contributed by atoms with Crippen LogP contribution in [0.5, 0.6) is 0 Å². The molecule has 0 aromatic carbocycles. The van der Waals surface area contributed by atoms with Gasteiger partial charge in [0.15, 0.2) is 0 Å². The van der Waals surface area contributed by atoms with E-state index in [0.717, 1.165) is 12.0 Å². The quantitative estimate of drug-likeness (QED) is 0.692. The third kappa shape index (κ3) is 3.73. The minimum absolute atomic E-state index is 0.0224. The first-order valence-corrected chi connectivity index (χ1v) is 5.17. The molecule has 4 nitrogen and oxygen atoms in total. The molecule has 1 amide bonds. The predicted octanol–water partition coefficient (Wildman–Crippen LogP) is 1.32. The molecule has 0 aliphatic heterocycles. The number of nitrogens with one attached hydrogen (secondary N) is 1. The van der Waals surface area contributed by atoms with Crippen molar-refractivity contribution in [3.63, 3.8) is 0 Å². The zero-order valence-corrected chi connectivity index (χ0v) is 9.12. The Labute approximate surface area is 89.4 Å². The van der Waals surface area contributed by atoms with Gasteiger partial charge in [0.05, 0.1) is 5.92 Å². The Morgan fingerprint density at radius 2 is 2.00 bits per heavy atom. The lowest BCUT2D eigenvalue weighted by Gasteiger charge is -2.10. The number of aliphatic carboxylic acids is 1. The van der Waals surface area contributed by atoms with Crippen LogP contribution >= 0.6 is 0 Å². The molecule has 0 spiro atoms. The van der Waals surface area contributed by atoms with Crippen LogP contribution in [0, 0.1) is 5.92 Å². The molecule has 1 aliphatic carbocycles. The number of amides is 1. The highest BCUT2D eigenvalue weighted by Crippen LogP contribution is 2.25. The van der Waals surface area contributed by atoms with E-state index in [2.05, 4.69) is 5.32 Å². The average Bonchev–Trinajstić information content (AvgIpc) is 2.50. The van der Waals surface area contributed by atoms with Crippen LogP contribution in [0.2, 0.25) is 0 Å². The van der Waals surface area contributed by atoms with Crippen LogP contribution in [0.15, 0.2) is 11.6 Å². The van der Waals surface area contributed by atoms with Gasteiger partial charge < -0.3 is 10.4 Å². The summed E-state index contributed by atoms with van der Waals surface area (Å²) in [6.07, 6.45) is 3.51. The summed E-state index contributed by atoms with van der Waals surface area (Å²) in [7, 11) is 0. The number of carboxylic acid groups (broad SMARTS) is 1. The minimum atomic E-state index is -0.756. The summed E-state index contributed by atoms with van der Waals surface area (Å²) in [5, 5.41) is 11.6. The molecule has 15 heavy (non-hydrogen) atoms. The van der Waals surface area contributed by atoms with Crippen LogP contribution in [0.25, 0.3) is 0 Å². The Bertz CT molecular complexity index is 292. The number of carbonyl (C=O) groups is 2. The number of rotatable bonds is 3. The Kier molecular flexibility index (Phi) is 3.88. The van der Waals surface area contributed by atoms with E-state index in [-0.39, 0.29) is 17.9 Å². The van der Waals surface area contributed by atoms with Crippen molar-refractivity contribution in [3.05, 3.63) is 11.6 Å². The smallest absolute Gasteiger partial charge is 0.306 e. The number of allylic oxidation sites excluding steroid dienone is 1. The molecular formula is C11H17NO3. The van der Waals surface area contributed by atoms with Crippen molar-refractivity contribution in [2.75, 3.05) is 0 Å². The van der Waals surface area contributed by atoms with Gasteiger partial charge in [-0.3, -0.25) is 9.59 Å². The Morgan fingerprint density at radius 1 is 1.33 bits per heavy atom. The fourth-order valence-corrected chi connectivity index (χ4v) is 1.84. The molecule has 0 radical (unpaired) electrons. The predicted molar refractivity (Wildman–Crippen MR) is 56.3 cm³/mol. The molecule has 0 aromatic rings. The Morgan fingerprint density at radius 3 is 2.47 bits per heavy atom. The fourth-order valence-electron chi connectivity index (χ4n) is 1.84. The zero-order chi connectivity index (χ0) is 11.4. The van der Waals surface area contributed by atoms with Crippen LogP contribution in [-0.2, 0) is 9.59 Å². The molecule has 0 saturated heterocycles. The topological polar surface area (TPSA) is 66.4 Å². The molecule has 84 valence electrons. The first kappa shape index (κ1) is 11.8. The number of carboxylic acids is 1. The van der Waals surface area contributed by atoms with Crippen molar-refractivity contribution in [1.82, 2.24) is 5.32 Å². The van der Waals surface area contributed by atoms with E-state index < -0.39 is 5.97 Å².